The Morgan fingerprint density at radius 2 is 1.74 bits per heavy atom. The maximum Gasteiger partial charge on any atom is 0.0985 e. The Bertz CT molecular complexity index is 401. The summed E-state index contributed by atoms with van der Waals surface area (Å²) in [5.41, 5.74) is 1.34. The van der Waals surface area contributed by atoms with Gasteiger partial charge < -0.3 is 5.32 Å². The van der Waals surface area contributed by atoms with Gasteiger partial charge in [-0.15, -0.1) is 11.3 Å². The molecule has 0 saturated carbocycles. The highest BCUT2D eigenvalue weighted by atomic mass is 32.1. The summed E-state index contributed by atoms with van der Waals surface area (Å²) in [5.74, 6) is 0.738. The quantitative estimate of drug-likeness (QED) is 0.836. The molecule has 110 valence electrons. The minimum absolute atomic E-state index is 0.150. The molecule has 1 rings (SSSR count). The average molecular weight is 282 g/mol. The fourth-order valence-electron chi connectivity index (χ4n) is 2.41. The van der Waals surface area contributed by atoms with Crippen LogP contribution in [0.5, 0.6) is 0 Å². The van der Waals surface area contributed by atoms with E-state index in [1.165, 1.54) is 22.0 Å². The molecule has 2 nitrogen and oxygen atoms in total. The smallest absolute Gasteiger partial charge is 0.0985 e. The molecule has 2 atom stereocenters. The van der Waals surface area contributed by atoms with Crippen LogP contribution in [0.3, 0.4) is 0 Å². The minimum Gasteiger partial charge on any atom is -0.307 e. The van der Waals surface area contributed by atoms with E-state index in [1.807, 2.05) is 11.3 Å². The van der Waals surface area contributed by atoms with Crippen molar-refractivity contribution in [3.63, 3.8) is 0 Å². The van der Waals surface area contributed by atoms with Crippen LogP contribution < -0.4 is 5.32 Å². The van der Waals surface area contributed by atoms with E-state index in [4.69, 9.17) is 4.98 Å². The molecule has 2 unspecified atom stereocenters. The number of thiazole rings is 1. The highest BCUT2D eigenvalue weighted by molar-refractivity contribution is 7.12. The molecule has 0 radical (unpaired) electrons. The van der Waals surface area contributed by atoms with Gasteiger partial charge in [-0.3, -0.25) is 0 Å². The maximum atomic E-state index is 4.75. The molecule has 3 heteroatoms. The topological polar surface area (TPSA) is 24.9 Å². The maximum absolute atomic E-state index is 4.75. The summed E-state index contributed by atoms with van der Waals surface area (Å²) in [7, 11) is 0. The first-order chi connectivity index (χ1) is 8.61. The van der Waals surface area contributed by atoms with Crippen LogP contribution >= 0.6 is 11.3 Å². The summed E-state index contributed by atoms with van der Waals surface area (Å²) in [6, 6.07) is 0.942. The predicted molar refractivity (Wildman–Crippen MR) is 86.0 cm³/mol. The van der Waals surface area contributed by atoms with Crippen molar-refractivity contribution >= 4 is 11.3 Å². The lowest BCUT2D eigenvalue weighted by Gasteiger charge is -2.21. The molecule has 1 aromatic heterocycles. The molecule has 1 heterocycles. The Balaban J connectivity index is 2.77. The van der Waals surface area contributed by atoms with Crippen molar-refractivity contribution < 1.29 is 0 Å². The second-order valence-electron chi connectivity index (χ2n) is 7.14. The van der Waals surface area contributed by atoms with Gasteiger partial charge in [-0.05, 0) is 33.1 Å². The minimum atomic E-state index is 0.150. The molecule has 1 aromatic rings. The second-order valence-corrected chi connectivity index (χ2v) is 8.17. The normalized spacial score (nSPS) is 15.8. The van der Waals surface area contributed by atoms with E-state index in [0.717, 1.165) is 5.92 Å². The summed E-state index contributed by atoms with van der Waals surface area (Å²) >= 11 is 1.86. The van der Waals surface area contributed by atoms with Crippen LogP contribution in [-0.2, 0) is 5.41 Å². The molecule has 0 aliphatic heterocycles. The van der Waals surface area contributed by atoms with Gasteiger partial charge in [0.05, 0.1) is 10.7 Å². The molecule has 0 bridgehead atoms. The molecule has 0 spiro atoms. The first-order valence-electron chi connectivity index (χ1n) is 7.35. The van der Waals surface area contributed by atoms with Crippen molar-refractivity contribution in [3.8, 4) is 0 Å². The molecule has 0 fully saturated rings. The van der Waals surface area contributed by atoms with E-state index in [-0.39, 0.29) is 5.41 Å². The van der Waals surface area contributed by atoms with Crippen molar-refractivity contribution in [2.24, 2.45) is 5.92 Å². The Kier molecular flexibility index (Phi) is 5.57. The van der Waals surface area contributed by atoms with Gasteiger partial charge in [0.25, 0.3) is 0 Å². The molecule has 0 aliphatic carbocycles. The Morgan fingerprint density at radius 3 is 2.16 bits per heavy atom. The SMILES string of the molecule is Cc1nc(C(C)(C)C)sc1C(C)NC(C)CC(C)C. The first kappa shape index (κ1) is 16.6. The molecule has 0 aliphatic rings. The third-order valence-electron chi connectivity index (χ3n) is 3.23. The highest BCUT2D eigenvalue weighted by Gasteiger charge is 2.22. The van der Waals surface area contributed by atoms with Gasteiger partial charge >= 0.3 is 0 Å². The number of nitrogens with zero attached hydrogens (tertiary/aromatic N) is 1. The van der Waals surface area contributed by atoms with Gasteiger partial charge in [0.15, 0.2) is 0 Å². The van der Waals surface area contributed by atoms with Gasteiger partial charge in [0.2, 0.25) is 0 Å². The fourth-order valence-corrected chi connectivity index (χ4v) is 3.54. The zero-order valence-electron chi connectivity index (χ0n) is 13.8. The molecule has 0 amide bonds. The first-order valence-corrected chi connectivity index (χ1v) is 8.16. The van der Waals surface area contributed by atoms with Crippen LogP contribution in [0.2, 0.25) is 0 Å². The molecular formula is C16H30N2S. The summed E-state index contributed by atoms with van der Waals surface area (Å²) in [5, 5.41) is 4.94. The zero-order chi connectivity index (χ0) is 14.8. The molecule has 1 N–H and O–H groups in total. The van der Waals surface area contributed by atoms with Gasteiger partial charge in [-0.2, -0.15) is 0 Å². The van der Waals surface area contributed by atoms with Crippen LogP contribution in [-0.4, -0.2) is 11.0 Å². The lowest BCUT2D eigenvalue weighted by Crippen LogP contribution is -2.30. The van der Waals surface area contributed by atoms with E-state index >= 15 is 0 Å². The van der Waals surface area contributed by atoms with Crippen molar-refractivity contribution in [3.05, 3.63) is 15.6 Å². The summed E-state index contributed by atoms with van der Waals surface area (Å²) in [6.45, 7) is 17.9. The van der Waals surface area contributed by atoms with Crippen LogP contribution in [0.4, 0.5) is 0 Å². The average Bonchev–Trinajstić information content (AvgIpc) is 2.58. The van der Waals surface area contributed by atoms with Gasteiger partial charge in [0.1, 0.15) is 0 Å². The lowest BCUT2D eigenvalue weighted by molar-refractivity contribution is 0.408. The molecular weight excluding hydrogens is 252 g/mol. The van der Waals surface area contributed by atoms with Crippen LogP contribution in [0, 0.1) is 12.8 Å². The highest BCUT2D eigenvalue weighted by Crippen LogP contribution is 2.32. The molecule has 19 heavy (non-hydrogen) atoms. The van der Waals surface area contributed by atoms with Crippen molar-refractivity contribution in [1.29, 1.82) is 0 Å². The van der Waals surface area contributed by atoms with Crippen molar-refractivity contribution in [1.82, 2.24) is 10.3 Å². The number of hydrogen-bond acceptors (Lipinski definition) is 3. The monoisotopic (exact) mass is 282 g/mol. The predicted octanol–water partition coefficient (Wildman–Crippen LogP) is 4.83. The van der Waals surface area contributed by atoms with E-state index in [1.54, 1.807) is 0 Å². The zero-order valence-corrected chi connectivity index (χ0v) is 14.6. The number of nitrogens with one attached hydrogen (secondary N) is 1. The second kappa shape index (κ2) is 6.36. The number of aromatic nitrogens is 1. The van der Waals surface area contributed by atoms with E-state index in [0.29, 0.717) is 12.1 Å². The lowest BCUT2D eigenvalue weighted by atomic mass is 9.98. The van der Waals surface area contributed by atoms with E-state index in [9.17, 15) is 0 Å². The largest absolute Gasteiger partial charge is 0.307 e. The van der Waals surface area contributed by atoms with E-state index < -0.39 is 0 Å². The Labute approximate surface area is 123 Å². The van der Waals surface area contributed by atoms with Gasteiger partial charge in [-0.25, -0.2) is 4.98 Å². The summed E-state index contributed by atoms with van der Waals surface area (Å²) in [6.07, 6.45) is 1.22. The van der Waals surface area contributed by atoms with Crippen LogP contribution in [0.25, 0.3) is 0 Å². The van der Waals surface area contributed by atoms with Crippen LogP contribution in [0.1, 0.15) is 76.5 Å². The van der Waals surface area contributed by atoms with Gasteiger partial charge in [-0.1, -0.05) is 34.6 Å². The van der Waals surface area contributed by atoms with Gasteiger partial charge in [0, 0.05) is 22.4 Å². The third-order valence-corrected chi connectivity index (χ3v) is 4.99. The van der Waals surface area contributed by atoms with Crippen molar-refractivity contribution in [2.75, 3.05) is 0 Å². The summed E-state index contributed by atoms with van der Waals surface area (Å²) < 4.78 is 0. The molecule has 0 aromatic carbocycles. The number of rotatable bonds is 5. The summed E-state index contributed by atoms with van der Waals surface area (Å²) in [4.78, 5) is 6.14. The fraction of sp³-hybridized carbons (Fsp3) is 0.812. The number of aryl methyl sites for hydroxylation is 1. The van der Waals surface area contributed by atoms with Crippen molar-refractivity contribution in [2.45, 2.75) is 79.3 Å². The number of hydrogen-bond donors (Lipinski definition) is 1. The van der Waals surface area contributed by atoms with Crippen LogP contribution in [0.15, 0.2) is 0 Å². The Morgan fingerprint density at radius 1 is 1.16 bits per heavy atom. The third kappa shape index (κ3) is 4.88. The Hall–Kier alpha value is -0.410. The standard InChI is InChI=1S/C16H30N2S/c1-10(2)9-11(3)17-12(4)14-13(5)18-15(19-14)16(6,7)8/h10-12,17H,9H2,1-8H3. The molecule has 0 saturated heterocycles. The van der Waals surface area contributed by atoms with E-state index in [2.05, 4.69) is 60.7 Å².